The minimum absolute atomic E-state index is 0.304. The van der Waals surface area contributed by atoms with Gasteiger partial charge in [0, 0.05) is 5.39 Å². The van der Waals surface area contributed by atoms with Gasteiger partial charge in [-0.1, -0.05) is 6.42 Å². The number of fused-ring (bicyclic) bond motifs is 1. The molecule has 0 bridgehead atoms. The van der Waals surface area contributed by atoms with Gasteiger partial charge in [-0.15, -0.1) is 0 Å². The number of carboxylic acid groups (broad SMARTS) is 1. The Labute approximate surface area is 111 Å². The topological polar surface area (TPSA) is 53.7 Å². The lowest BCUT2D eigenvalue weighted by Crippen LogP contribution is -2.28. The molecule has 1 aromatic carbocycles. The summed E-state index contributed by atoms with van der Waals surface area (Å²) in [5.74, 6) is 0.0140. The fourth-order valence-corrected chi connectivity index (χ4v) is 2.65. The predicted molar refractivity (Wildman–Crippen MR) is 72.3 cm³/mol. The molecule has 19 heavy (non-hydrogen) atoms. The van der Waals surface area contributed by atoms with Crippen LogP contribution >= 0.6 is 0 Å². The van der Waals surface area contributed by atoms with E-state index in [9.17, 15) is 4.79 Å². The third kappa shape index (κ3) is 2.63. The van der Waals surface area contributed by atoms with Gasteiger partial charge in [0.1, 0.15) is 11.3 Å². The van der Waals surface area contributed by atoms with Crippen molar-refractivity contribution in [1.82, 2.24) is 4.90 Å². The second-order valence-corrected chi connectivity index (χ2v) is 5.11. The van der Waals surface area contributed by atoms with E-state index < -0.39 is 5.97 Å². The van der Waals surface area contributed by atoms with E-state index in [1.165, 1.54) is 19.3 Å². The highest BCUT2D eigenvalue weighted by Gasteiger charge is 2.13. The summed E-state index contributed by atoms with van der Waals surface area (Å²) < 4.78 is 5.77. The zero-order valence-electron chi connectivity index (χ0n) is 10.8. The Morgan fingerprint density at radius 1 is 1.21 bits per heavy atom. The number of rotatable bonds is 3. The van der Waals surface area contributed by atoms with E-state index in [0.717, 1.165) is 36.4 Å². The molecule has 2 heterocycles. The molecule has 100 valence electrons. The van der Waals surface area contributed by atoms with Gasteiger partial charge in [0.25, 0.3) is 0 Å². The maximum atomic E-state index is 10.9. The standard InChI is InChI=1S/C15H17NO3/c17-15(18)11-4-5-14-12(8-11)9-13(19-14)10-16-6-2-1-3-7-16/h4-5,8-9H,1-3,6-7,10H2,(H,17,18). The number of carboxylic acids is 1. The second-order valence-electron chi connectivity index (χ2n) is 5.11. The molecule has 4 heteroatoms. The van der Waals surface area contributed by atoms with Gasteiger partial charge in [-0.25, -0.2) is 4.79 Å². The fraction of sp³-hybridized carbons (Fsp3) is 0.400. The summed E-state index contributed by atoms with van der Waals surface area (Å²) in [7, 11) is 0. The van der Waals surface area contributed by atoms with Crippen molar-refractivity contribution >= 4 is 16.9 Å². The number of nitrogens with zero attached hydrogens (tertiary/aromatic N) is 1. The van der Waals surface area contributed by atoms with E-state index in [-0.39, 0.29) is 0 Å². The van der Waals surface area contributed by atoms with Crippen molar-refractivity contribution in [3.8, 4) is 0 Å². The van der Waals surface area contributed by atoms with Crippen LogP contribution in [0.2, 0.25) is 0 Å². The Morgan fingerprint density at radius 3 is 2.74 bits per heavy atom. The molecule has 3 rings (SSSR count). The van der Waals surface area contributed by atoms with E-state index >= 15 is 0 Å². The van der Waals surface area contributed by atoms with Crippen LogP contribution in [-0.2, 0) is 6.54 Å². The monoisotopic (exact) mass is 259 g/mol. The maximum Gasteiger partial charge on any atom is 0.335 e. The Hall–Kier alpha value is -1.81. The molecule has 0 radical (unpaired) electrons. The van der Waals surface area contributed by atoms with Crippen molar-refractivity contribution in [1.29, 1.82) is 0 Å². The normalized spacial score (nSPS) is 16.8. The molecule has 1 aliphatic heterocycles. The van der Waals surface area contributed by atoms with E-state index in [4.69, 9.17) is 9.52 Å². The van der Waals surface area contributed by atoms with Gasteiger partial charge in [0.05, 0.1) is 12.1 Å². The first kappa shape index (κ1) is 12.2. The fourth-order valence-electron chi connectivity index (χ4n) is 2.65. The number of benzene rings is 1. The number of carbonyl (C=O) groups is 1. The van der Waals surface area contributed by atoms with Crippen molar-refractivity contribution in [3.05, 3.63) is 35.6 Å². The van der Waals surface area contributed by atoms with Crippen molar-refractivity contribution in [2.45, 2.75) is 25.8 Å². The van der Waals surface area contributed by atoms with Crippen molar-refractivity contribution in [3.63, 3.8) is 0 Å². The molecule has 4 nitrogen and oxygen atoms in total. The van der Waals surface area contributed by atoms with Gasteiger partial charge in [0.15, 0.2) is 0 Å². The molecule has 0 aliphatic carbocycles. The van der Waals surface area contributed by atoms with Gasteiger partial charge < -0.3 is 9.52 Å². The summed E-state index contributed by atoms with van der Waals surface area (Å²) in [5.41, 5.74) is 1.06. The van der Waals surface area contributed by atoms with Gasteiger partial charge in [-0.3, -0.25) is 4.90 Å². The molecule has 1 fully saturated rings. The highest BCUT2D eigenvalue weighted by molar-refractivity contribution is 5.93. The smallest absolute Gasteiger partial charge is 0.335 e. The largest absolute Gasteiger partial charge is 0.478 e. The number of hydrogen-bond acceptors (Lipinski definition) is 3. The zero-order chi connectivity index (χ0) is 13.2. The molecule has 1 aromatic heterocycles. The van der Waals surface area contributed by atoms with Crippen molar-refractivity contribution < 1.29 is 14.3 Å². The Kier molecular flexibility index (Phi) is 3.25. The molecule has 1 N–H and O–H groups in total. The lowest BCUT2D eigenvalue weighted by molar-refractivity contribution is 0.0697. The van der Waals surface area contributed by atoms with E-state index in [0.29, 0.717) is 5.56 Å². The quantitative estimate of drug-likeness (QED) is 0.920. The summed E-state index contributed by atoms with van der Waals surface area (Å²) in [6.45, 7) is 3.06. The van der Waals surface area contributed by atoms with Crippen LogP contribution in [0, 0.1) is 0 Å². The van der Waals surface area contributed by atoms with E-state index in [1.54, 1.807) is 18.2 Å². The SMILES string of the molecule is O=C(O)c1ccc2oc(CN3CCCCC3)cc2c1. The van der Waals surface area contributed by atoms with Crippen LogP contribution in [0.4, 0.5) is 0 Å². The lowest BCUT2D eigenvalue weighted by Gasteiger charge is -2.25. The van der Waals surface area contributed by atoms with Gasteiger partial charge in [-0.05, 0) is 50.2 Å². The molecular formula is C15H17NO3. The zero-order valence-corrected chi connectivity index (χ0v) is 10.8. The second kappa shape index (κ2) is 5.05. The number of hydrogen-bond donors (Lipinski definition) is 1. The predicted octanol–water partition coefficient (Wildman–Crippen LogP) is 3.12. The summed E-state index contributed by atoms with van der Waals surface area (Å²) in [4.78, 5) is 13.3. The lowest BCUT2D eigenvalue weighted by atomic mass is 10.1. The first-order valence-corrected chi connectivity index (χ1v) is 6.70. The molecule has 0 saturated carbocycles. The molecule has 0 unspecified atom stereocenters. The van der Waals surface area contributed by atoms with Crippen LogP contribution in [0.1, 0.15) is 35.4 Å². The van der Waals surface area contributed by atoms with Gasteiger partial charge >= 0.3 is 5.97 Å². The van der Waals surface area contributed by atoms with Crippen LogP contribution in [0.5, 0.6) is 0 Å². The summed E-state index contributed by atoms with van der Waals surface area (Å²) >= 11 is 0. The molecule has 1 aliphatic rings. The van der Waals surface area contributed by atoms with Crippen LogP contribution in [-0.4, -0.2) is 29.1 Å². The number of piperidine rings is 1. The molecule has 0 atom stereocenters. The molecule has 0 spiro atoms. The maximum absolute atomic E-state index is 10.9. The number of likely N-dealkylation sites (tertiary alicyclic amines) is 1. The Bertz CT molecular complexity index is 596. The first-order valence-electron chi connectivity index (χ1n) is 6.70. The Morgan fingerprint density at radius 2 is 2.00 bits per heavy atom. The van der Waals surface area contributed by atoms with Crippen molar-refractivity contribution in [2.75, 3.05) is 13.1 Å². The minimum Gasteiger partial charge on any atom is -0.478 e. The third-order valence-corrected chi connectivity index (χ3v) is 3.64. The highest BCUT2D eigenvalue weighted by Crippen LogP contribution is 2.23. The van der Waals surface area contributed by atoms with Crippen LogP contribution in [0.25, 0.3) is 11.0 Å². The Balaban J connectivity index is 1.82. The minimum atomic E-state index is -0.902. The third-order valence-electron chi connectivity index (χ3n) is 3.64. The van der Waals surface area contributed by atoms with Crippen LogP contribution < -0.4 is 0 Å². The summed E-state index contributed by atoms with van der Waals surface area (Å²) in [6.07, 6.45) is 3.82. The average Bonchev–Trinajstić information content (AvgIpc) is 2.80. The molecular weight excluding hydrogens is 242 g/mol. The summed E-state index contributed by atoms with van der Waals surface area (Å²) in [6, 6.07) is 6.94. The first-order chi connectivity index (χ1) is 9.22. The average molecular weight is 259 g/mol. The van der Waals surface area contributed by atoms with E-state index in [2.05, 4.69) is 4.90 Å². The summed E-state index contributed by atoms with van der Waals surface area (Å²) in [5, 5.41) is 9.84. The van der Waals surface area contributed by atoms with Crippen molar-refractivity contribution in [2.24, 2.45) is 0 Å². The number of furan rings is 1. The molecule has 1 saturated heterocycles. The van der Waals surface area contributed by atoms with E-state index in [1.807, 2.05) is 6.07 Å². The van der Waals surface area contributed by atoms with Gasteiger partial charge in [0.2, 0.25) is 0 Å². The number of aromatic carboxylic acids is 1. The molecule has 0 amide bonds. The van der Waals surface area contributed by atoms with Crippen LogP contribution in [0.15, 0.2) is 28.7 Å². The highest BCUT2D eigenvalue weighted by atomic mass is 16.4. The van der Waals surface area contributed by atoms with Crippen LogP contribution in [0.3, 0.4) is 0 Å². The van der Waals surface area contributed by atoms with Gasteiger partial charge in [-0.2, -0.15) is 0 Å². The molecule has 2 aromatic rings.